The van der Waals surface area contributed by atoms with E-state index in [9.17, 15) is 0 Å². The third kappa shape index (κ3) is 5.71. The van der Waals surface area contributed by atoms with Crippen LogP contribution in [0.5, 0.6) is 11.5 Å². The second-order valence-corrected chi connectivity index (χ2v) is 7.02. The van der Waals surface area contributed by atoms with Gasteiger partial charge in [0.05, 0.1) is 14.2 Å². The molecule has 7 nitrogen and oxygen atoms in total. The number of carboxylic acids is 2. The van der Waals surface area contributed by atoms with Gasteiger partial charge in [0.1, 0.15) is 11.5 Å². The fourth-order valence-corrected chi connectivity index (χ4v) is 3.32. The van der Waals surface area contributed by atoms with E-state index in [4.69, 9.17) is 29.3 Å². The number of methoxy groups -OCH3 is 2. The number of nitrogens with one attached hydrogen (secondary N) is 1. The van der Waals surface area contributed by atoms with E-state index in [0.29, 0.717) is 0 Å². The van der Waals surface area contributed by atoms with E-state index in [1.165, 1.54) is 16.7 Å². The molecule has 0 aliphatic carbocycles. The molecule has 1 atom stereocenters. The maximum atomic E-state index is 9.10. The molecule has 3 N–H and O–H groups in total. The smallest absolute Gasteiger partial charge is 0.414 e. The summed E-state index contributed by atoms with van der Waals surface area (Å²) < 4.78 is 12.1. The average Bonchev–Trinajstić information content (AvgIpc) is 2.69. The summed E-state index contributed by atoms with van der Waals surface area (Å²) in [7, 11) is 3.42. The Kier molecular flexibility index (Phi) is 7.83. The molecule has 1 unspecified atom stereocenters. The van der Waals surface area contributed by atoms with Gasteiger partial charge >= 0.3 is 11.9 Å². The van der Waals surface area contributed by atoms with E-state index in [1.807, 2.05) is 6.07 Å². The molecule has 2 aromatic carbocycles. The number of rotatable bonds is 4. The Balaban J connectivity index is 0.000000409. The standard InChI is InChI=1S/C18H20BrNO2.C2H2O4/c1-21-15-10-13-7-8-20-16(18(13)17(11-15)22-2)9-12-3-5-14(19)6-4-12;3-1(4)2(5)6/h3-6,10-11,16,20H,7-9H2,1-2H3;(H,3,4)(H,5,6). The second-order valence-electron chi connectivity index (χ2n) is 6.10. The van der Waals surface area contributed by atoms with Crippen LogP contribution >= 0.6 is 15.9 Å². The summed E-state index contributed by atoms with van der Waals surface area (Å²) in [5, 5.41) is 18.4. The number of aliphatic carboxylic acids is 2. The van der Waals surface area contributed by atoms with Crippen molar-refractivity contribution in [3.63, 3.8) is 0 Å². The summed E-state index contributed by atoms with van der Waals surface area (Å²) in [5.41, 5.74) is 3.89. The first-order valence-corrected chi connectivity index (χ1v) is 9.33. The number of halogens is 1. The fraction of sp³-hybridized carbons (Fsp3) is 0.300. The van der Waals surface area contributed by atoms with Crippen molar-refractivity contribution in [3.05, 3.63) is 57.6 Å². The largest absolute Gasteiger partial charge is 0.497 e. The van der Waals surface area contributed by atoms with Gasteiger partial charge in [-0.05, 0) is 48.7 Å². The lowest BCUT2D eigenvalue weighted by Crippen LogP contribution is -2.31. The van der Waals surface area contributed by atoms with Crippen LogP contribution in [0, 0.1) is 0 Å². The van der Waals surface area contributed by atoms with E-state index >= 15 is 0 Å². The van der Waals surface area contributed by atoms with Gasteiger partial charge in [0.15, 0.2) is 0 Å². The summed E-state index contributed by atoms with van der Waals surface area (Å²) in [4.78, 5) is 18.2. The van der Waals surface area contributed by atoms with Crippen LogP contribution in [0.4, 0.5) is 0 Å². The molecule has 0 saturated heterocycles. The summed E-state index contributed by atoms with van der Waals surface area (Å²) in [6.07, 6.45) is 1.95. The van der Waals surface area contributed by atoms with Gasteiger partial charge in [-0.3, -0.25) is 0 Å². The van der Waals surface area contributed by atoms with Crippen molar-refractivity contribution < 1.29 is 29.3 Å². The monoisotopic (exact) mass is 451 g/mol. The van der Waals surface area contributed by atoms with Crippen LogP contribution in [0.25, 0.3) is 0 Å². The molecule has 0 saturated carbocycles. The van der Waals surface area contributed by atoms with E-state index in [2.05, 4.69) is 51.6 Å². The normalized spacial score (nSPS) is 14.9. The molecule has 150 valence electrons. The number of carboxylic acid groups (broad SMARTS) is 2. The van der Waals surface area contributed by atoms with Crippen LogP contribution in [-0.4, -0.2) is 42.9 Å². The maximum Gasteiger partial charge on any atom is 0.414 e. The number of hydrogen-bond donors (Lipinski definition) is 3. The Morgan fingerprint density at radius 3 is 2.29 bits per heavy atom. The maximum absolute atomic E-state index is 9.10. The molecule has 28 heavy (non-hydrogen) atoms. The third-order valence-electron chi connectivity index (χ3n) is 4.33. The molecule has 2 aromatic rings. The molecule has 1 aliphatic heterocycles. The predicted molar refractivity (Wildman–Crippen MR) is 107 cm³/mol. The van der Waals surface area contributed by atoms with Crippen molar-refractivity contribution in [1.82, 2.24) is 5.32 Å². The van der Waals surface area contributed by atoms with Gasteiger partial charge in [-0.25, -0.2) is 9.59 Å². The fourth-order valence-electron chi connectivity index (χ4n) is 3.06. The van der Waals surface area contributed by atoms with E-state index in [-0.39, 0.29) is 6.04 Å². The van der Waals surface area contributed by atoms with Gasteiger partial charge in [0.25, 0.3) is 0 Å². The highest BCUT2D eigenvalue weighted by Crippen LogP contribution is 2.37. The van der Waals surface area contributed by atoms with Gasteiger partial charge in [-0.15, -0.1) is 0 Å². The van der Waals surface area contributed by atoms with Gasteiger partial charge in [-0.2, -0.15) is 0 Å². The summed E-state index contributed by atoms with van der Waals surface area (Å²) in [6, 6.07) is 12.9. The number of ether oxygens (including phenoxy) is 2. The van der Waals surface area contributed by atoms with Crippen molar-refractivity contribution in [2.45, 2.75) is 18.9 Å². The Morgan fingerprint density at radius 1 is 1.11 bits per heavy atom. The lowest BCUT2D eigenvalue weighted by Gasteiger charge is -2.29. The number of carbonyl (C=O) groups is 2. The first-order valence-electron chi connectivity index (χ1n) is 8.54. The van der Waals surface area contributed by atoms with Crippen molar-refractivity contribution in [2.75, 3.05) is 20.8 Å². The molecule has 0 bridgehead atoms. The first kappa shape index (κ1) is 21.7. The van der Waals surface area contributed by atoms with E-state index in [0.717, 1.165) is 35.4 Å². The highest BCUT2D eigenvalue weighted by atomic mass is 79.9. The van der Waals surface area contributed by atoms with Crippen LogP contribution in [0.1, 0.15) is 22.7 Å². The summed E-state index contributed by atoms with van der Waals surface area (Å²) >= 11 is 3.49. The lowest BCUT2D eigenvalue weighted by molar-refractivity contribution is -0.159. The number of benzene rings is 2. The minimum Gasteiger partial charge on any atom is -0.497 e. The SMILES string of the molecule is COc1cc2c(c(OC)c1)C(Cc1ccc(Br)cc1)NCC2.O=C(O)C(=O)O. The summed E-state index contributed by atoms with van der Waals surface area (Å²) in [5.74, 6) is -1.88. The molecular formula is C20H22BrNO6. The quantitative estimate of drug-likeness (QED) is 0.613. The average molecular weight is 452 g/mol. The van der Waals surface area contributed by atoms with Crippen LogP contribution < -0.4 is 14.8 Å². The van der Waals surface area contributed by atoms with Gasteiger partial charge in [0.2, 0.25) is 0 Å². The minimum absolute atomic E-state index is 0.269. The molecule has 1 heterocycles. The topological polar surface area (TPSA) is 105 Å². The highest BCUT2D eigenvalue weighted by molar-refractivity contribution is 9.10. The Morgan fingerprint density at radius 2 is 1.75 bits per heavy atom. The molecule has 8 heteroatoms. The summed E-state index contributed by atoms with van der Waals surface area (Å²) in [6.45, 7) is 0.977. The number of hydrogen-bond acceptors (Lipinski definition) is 5. The van der Waals surface area contributed by atoms with Crippen molar-refractivity contribution in [3.8, 4) is 11.5 Å². The predicted octanol–water partition coefficient (Wildman–Crippen LogP) is 3.05. The molecule has 3 rings (SSSR count). The first-order chi connectivity index (χ1) is 13.3. The second kappa shape index (κ2) is 10.1. The molecule has 1 aliphatic rings. The van der Waals surface area contributed by atoms with Crippen LogP contribution in [0.15, 0.2) is 40.9 Å². The van der Waals surface area contributed by atoms with Gasteiger partial charge in [0, 0.05) is 22.1 Å². The lowest BCUT2D eigenvalue weighted by atomic mass is 9.89. The Bertz CT molecular complexity index is 808. The highest BCUT2D eigenvalue weighted by Gasteiger charge is 2.25. The van der Waals surface area contributed by atoms with Crippen molar-refractivity contribution in [2.24, 2.45) is 0 Å². The van der Waals surface area contributed by atoms with E-state index < -0.39 is 11.9 Å². The van der Waals surface area contributed by atoms with Gasteiger partial charge < -0.3 is 25.0 Å². The molecule has 0 radical (unpaired) electrons. The van der Waals surface area contributed by atoms with Crippen molar-refractivity contribution in [1.29, 1.82) is 0 Å². The molecular weight excluding hydrogens is 430 g/mol. The van der Waals surface area contributed by atoms with Crippen LogP contribution in [0.3, 0.4) is 0 Å². The zero-order valence-electron chi connectivity index (χ0n) is 15.6. The Hall–Kier alpha value is -2.58. The molecule has 0 aromatic heterocycles. The number of fused-ring (bicyclic) bond motifs is 1. The van der Waals surface area contributed by atoms with Gasteiger partial charge in [-0.1, -0.05) is 28.1 Å². The Labute approximate surface area is 171 Å². The molecule has 0 amide bonds. The zero-order valence-corrected chi connectivity index (χ0v) is 17.2. The van der Waals surface area contributed by atoms with Crippen molar-refractivity contribution >= 4 is 27.9 Å². The van der Waals surface area contributed by atoms with Crippen LogP contribution in [0.2, 0.25) is 0 Å². The zero-order chi connectivity index (χ0) is 20.7. The minimum atomic E-state index is -1.82. The molecule has 0 fully saturated rings. The third-order valence-corrected chi connectivity index (χ3v) is 4.86. The molecule has 0 spiro atoms. The van der Waals surface area contributed by atoms with Crippen LogP contribution in [-0.2, 0) is 22.4 Å². The van der Waals surface area contributed by atoms with E-state index in [1.54, 1.807) is 14.2 Å².